The van der Waals surface area contributed by atoms with E-state index in [4.69, 9.17) is 0 Å². The van der Waals surface area contributed by atoms with Crippen molar-refractivity contribution in [1.29, 1.82) is 0 Å². The number of halogens is 1. The Labute approximate surface area is 126 Å². The number of imide groups is 1. The Morgan fingerprint density at radius 1 is 1.15 bits per heavy atom. The monoisotopic (exact) mass is 333 g/mol. The second kappa shape index (κ2) is 4.85. The summed E-state index contributed by atoms with van der Waals surface area (Å²) in [5.74, 6) is -0.457. The number of carbonyl (C=O) groups is 2. The van der Waals surface area contributed by atoms with Crippen molar-refractivity contribution in [3.8, 4) is 0 Å². The predicted molar refractivity (Wildman–Crippen MR) is 81.3 cm³/mol. The molecule has 2 atom stereocenters. The lowest BCUT2D eigenvalue weighted by molar-refractivity contribution is -0.122. The molecule has 0 radical (unpaired) electrons. The third-order valence-electron chi connectivity index (χ3n) is 4.24. The van der Waals surface area contributed by atoms with Gasteiger partial charge in [0.1, 0.15) is 0 Å². The van der Waals surface area contributed by atoms with Gasteiger partial charge in [0.2, 0.25) is 11.8 Å². The highest BCUT2D eigenvalue weighted by molar-refractivity contribution is 9.10. The van der Waals surface area contributed by atoms with Crippen LogP contribution in [0.2, 0.25) is 0 Å². The van der Waals surface area contributed by atoms with E-state index in [2.05, 4.69) is 22.0 Å². The minimum Gasteiger partial charge on any atom is -0.274 e. The minimum atomic E-state index is -0.175. The molecule has 1 aromatic rings. The summed E-state index contributed by atoms with van der Waals surface area (Å²) in [5, 5.41) is 0. The van der Waals surface area contributed by atoms with Crippen LogP contribution in [0.1, 0.15) is 25.3 Å². The Hall–Kier alpha value is -1.42. The van der Waals surface area contributed by atoms with E-state index in [-0.39, 0.29) is 23.7 Å². The average Bonchev–Trinajstić information content (AvgIpc) is 2.65. The number of fused-ring (bicyclic) bond motifs is 1. The standard InChI is InChI=1S/C16H16BrNO2/c1-9-3-6-12-13(7-9)16(20)18(15(12)19)11-5-4-10(2)14(17)8-11/h3-5,8,12-13H,6-7H2,1-2H3/t12-,13+/m1/s1. The number of aryl methyl sites for hydroxylation is 1. The lowest BCUT2D eigenvalue weighted by atomic mass is 9.82. The first-order valence-electron chi connectivity index (χ1n) is 6.78. The molecule has 0 saturated carbocycles. The van der Waals surface area contributed by atoms with Gasteiger partial charge in [-0.3, -0.25) is 9.59 Å². The quantitative estimate of drug-likeness (QED) is 0.581. The highest BCUT2D eigenvalue weighted by atomic mass is 79.9. The molecule has 0 spiro atoms. The highest BCUT2D eigenvalue weighted by Crippen LogP contribution is 2.40. The molecule has 1 aliphatic heterocycles. The van der Waals surface area contributed by atoms with Crippen molar-refractivity contribution in [1.82, 2.24) is 0 Å². The Kier molecular flexibility index (Phi) is 3.28. The van der Waals surface area contributed by atoms with Gasteiger partial charge in [-0.2, -0.15) is 0 Å². The van der Waals surface area contributed by atoms with Crippen LogP contribution in [-0.2, 0) is 9.59 Å². The summed E-state index contributed by atoms with van der Waals surface area (Å²) < 4.78 is 0.916. The van der Waals surface area contributed by atoms with E-state index in [0.29, 0.717) is 18.5 Å². The number of rotatable bonds is 1. The second-order valence-corrected chi connectivity index (χ2v) is 6.50. The zero-order valence-corrected chi connectivity index (χ0v) is 13.1. The Balaban J connectivity index is 1.97. The van der Waals surface area contributed by atoms with E-state index in [1.54, 1.807) is 0 Å². The first-order chi connectivity index (χ1) is 9.49. The van der Waals surface area contributed by atoms with Crippen LogP contribution in [-0.4, -0.2) is 11.8 Å². The third-order valence-corrected chi connectivity index (χ3v) is 5.09. The largest absolute Gasteiger partial charge is 0.274 e. The van der Waals surface area contributed by atoms with Crippen molar-refractivity contribution < 1.29 is 9.59 Å². The maximum Gasteiger partial charge on any atom is 0.238 e. The van der Waals surface area contributed by atoms with E-state index in [1.165, 1.54) is 10.5 Å². The van der Waals surface area contributed by atoms with Crippen LogP contribution in [0.25, 0.3) is 0 Å². The summed E-state index contributed by atoms with van der Waals surface area (Å²) in [4.78, 5) is 26.4. The molecule has 0 N–H and O–H groups in total. The third kappa shape index (κ3) is 2.03. The molecule has 0 bridgehead atoms. The molecule has 1 fully saturated rings. The molecule has 1 aromatic carbocycles. The summed E-state index contributed by atoms with van der Waals surface area (Å²) in [7, 11) is 0. The highest BCUT2D eigenvalue weighted by Gasteiger charge is 2.48. The number of nitrogens with zero attached hydrogens (tertiary/aromatic N) is 1. The smallest absolute Gasteiger partial charge is 0.238 e. The maximum atomic E-state index is 12.6. The molecule has 0 aromatic heterocycles. The summed E-state index contributed by atoms with van der Waals surface area (Å²) in [6.07, 6.45) is 3.48. The topological polar surface area (TPSA) is 37.4 Å². The van der Waals surface area contributed by atoms with Crippen molar-refractivity contribution in [3.63, 3.8) is 0 Å². The summed E-state index contributed by atoms with van der Waals surface area (Å²) in [5.41, 5.74) is 2.96. The van der Waals surface area contributed by atoms with Gasteiger partial charge >= 0.3 is 0 Å². The number of anilines is 1. The Morgan fingerprint density at radius 2 is 1.85 bits per heavy atom. The average molecular weight is 334 g/mol. The number of hydrogen-bond donors (Lipinski definition) is 0. The molecule has 1 saturated heterocycles. The maximum absolute atomic E-state index is 12.6. The van der Waals surface area contributed by atoms with Gasteiger partial charge in [-0.15, -0.1) is 0 Å². The van der Waals surface area contributed by atoms with Gasteiger partial charge in [-0.1, -0.05) is 33.6 Å². The van der Waals surface area contributed by atoms with Gasteiger partial charge in [0.15, 0.2) is 0 Å². The van der Waals surface area contributed by atoms with Gasteiger partial charge in [0.05, 0.1) is 17.5 Å². The molecule has 104 valence electrons. The summed E-state index contributed by atoms with van der Waals surface area (Å²) >= 11 is 3.46. The lowest BCUT2D eigenvalue weighted by Crippen LogP contribution is -2.30. The van der Waals surface area contributed by atoms with Gasteiger partial charge in [0, 0.05) is 4.47 Å². The van der Waals surface area contributed by atoms with Crippen molar-refractivity contribution in [2.24, 2.45) is 11.8 Å². The van der Waals surface area contributed by atoms with Crippen molar-refractivity contribution in [2.75, 3.05) is 4.90 Å². The van der Waals surface area contributed by atoms with Crippen LogP contribution in [0.15, 0.2) is 34.3 Å². The molecular formula is C16H16BrNO2. The molecule has 3 rings (SSSR count). The zero-order valence-electron chi connectivity index (χ0n) is 11.5. The minimum absolute atomic E-state index is 0.0526. The fourth-order valence-corrected chi connectivity index (χ4v) is 3.38. The second-order valence-electron chi connectivity index (χ2n) is 5.65. The van der Waals surface area contributed by atoms with Gasteiger partial charge < -0.3 is 0 Å². The first-order valence-corrected chi connectivity index (χ1v) is 7.58. The molecule has 4 heteroatoms. The van der Waals surface area contributed by atoms with Crippen molar-refractivity contribution in [2.45, 2.75) is 26.7 Å². The summed E-state index contributed by atoms with van der Waals surface area (Å²) in [6.45, 7) is 4.01. The summed E-state index contributed by atoms with van der Waals surface area (Å²) in [6, 6.07) is 5.61. The molecular weight excluding hydrogens is 318 g/mol. The van der Waals surface area contributed by atoms with E-state index in [0.717, 1.165) is 10.0 Å². The molecule has 2 amide bonds. The fourth-order valence-electron chi connectivity index (χ4n) is 3.01. The van der Waals surface area contributed by atoms with Crippen LogP contribution >= 0.6 is 15.9 Å². The van der Waals surface area contributed by atoms with Gasteiger partial charge in [-0.25, -0.2) is 4.90 Å². The van der Waals surface area contributed by atoms with Crippen molar-refractivity contribution in [3.05, 3.63) is 39.9 Å². The molecule has 20 heavy (non-hydrogen) atoms. The zero-order chi connectivity index (χ0) is 14.4. The van der Waals surface area contributed by atoms with Gasteiger partial charge in [0.25, 0.3) is 0 Å². The molecule has 2 aliphatic rings. The number of benzene rings is 1. The molecule has 0 unspecified atom stereocenters. The van der Waals surface area contributed by atoms with Crippen LogP contribution in [0.5, 0.6) is 0 Å². The van der Waals surface area contributed by atoms with Crippen LogP contribution < -0.4 is 4.90 Å². The van der Waals surface area contributed by atoms with E-state index in [9.17, 15) is 9.59 Å². The molecule has 3 nitrogen and oxygen atoms in total. The van der Waals surface area contributed by atoms with Crippen molar-refractivity contribution >= 4 is 33.4 Å². The fraction of sp³-hybridized carbons (Fsp3) is 0.375. The Bertz CT molecular complexity index is 635. The number of carbonyl (C=O) groups excluding carboxylic acids is 2. The van der Waals surface area contributed by atoms with Crippen LogP contribution in [0.3, 0.4) is 0 Å². The molecule has 1 aliphatic carbocycles. The molecule has 1 heterocycles. The lowest BCUT2D eigenvalue weighted by Gasteiger charge is -2.18. The normalized spacial score (nSPS) is 25.8. The van der Waals surface area contributed by atoms with Gasteiger partial charge in [-0.05, 0) is 44.4 Å². The van der Waals surface area contributed by atoms with E-state index >= 15 is 0 Å². The SMILES string of the molecule is CC1=CC[C@H]2C(=O)N(c3ccc(C)c(Br)c3)C(=O)[C@H]2C1. The van der Waals surface area contributed by atoms with E-state index in [1.807, 2.05) is 32.0 Å². The number of amides is 2. The van der Waals surface area contributed by atoms with Crippen LogP contribution in [0.4, 0.5) is 5.69 Å². The Morgan fingerprint density at radius 3 is 2.55 bits per heavy atom. The number of hydrogen-bond acceptors (Lipinski definition) is 2. The number of allylic oxidation sites excluding steroid dienone is 2. The van der Waals surface area contributed by atoms with E-state index < -0.39 is 0 Å². The first kappa shape index (κ1) is 13.6. The predicted octanol–water partition coefficient (Wildman–Crippen LogP) is 3.60. The van der Waals surface area contributed by atoms with Crippen LogP contribution in [0, 0.1) is 18.8 Å².